The maximum Gasteiger partial charge on any atom is 0.106 e. The molecule has 94 valence electrons. The summed E-state index contributed by atoms with van der Waals surface area (Å²) in [4.78, 5) is 0. The molecule has 0 aliphatic heterocycles. The van der Waals surface area contributed by atoms with E-state index in [1.807, 2.05) is 19.1 Å². The normalized spacial score (nSPS) is 12.4. The van der Waals surface area contributed by atoms with Crippen molar-refractivity contribution in [3.63, 3.8) is 0 Å². The van der Waals surface area contributed by atoms with E-state index in [2.05, 4.69) is 0 Å². The topological polar surface area (TPSA) is 46.2 Å². The SMILES string of the molecule is Cc1ccc(C(O)c2ccc(Cl)cc2N)cc1Cl. The Hall–Kier alpha value is -1.22. The quantitative estimate of drug-likeness (QED) is 0.819. The highest BCUT2D eigenvalue weighted by Crippen LogP contribution is 2.30. The zero-order valence-electron chi connectivity index (χ0n) is 9.82. The number of aliphatic hydroxyl groups excluding tert-OH is 1. The van der Waals surface area contributed by atoms with Gasteiger partial charge in [0.05, 0.1) is 0 Å². The second kappa shape index (κ2) is 5.19. The van der Waals surface area contributed by atoms with Crippen LogP contribution in [0.1, 0.15) is 22.8 Å². The van der Waals surface area contributed by atoms with Crippen molar-refractivity contribution in [2.75, 3.05) is 5.73 Å². The van der Waals surface area contributed by atoms with Crippen molar-refractivity contribution >= 4 is 28.9 Å². The molecule has 2 aromatic rings. The highest BCUT2D eigenvalue weighted by Gasteiger charge is 2.14. The number of nitrogens with two attached hydrogens (primary N) is 1. The minimum atomic E-state index is -0.805. The van der Waals surface area contributed by atoms with Gasteiger partial charge in [0, 0.05) is 21.3 Å². The fourth-order valence-electron chi connectivity index (χ4n) is 1.75. The molecule has 2 rings (SSSR count). The van der Waals surface area contributed by atoms with E-state index >= 15 is 0 Å². The van der Waals surface area contributed by atoms with Crippen LogP contribution >= 0.6 is 23.2 Å². The minimum absolute atomic E-state index is 0.465. The lowest BCUT2D eigenvalue weighted by atomic mass is 9.99. The van der Waals surface area contributed by atoms with Crippen LogP contribution in [-0.4, -0.2) is 5.11 Å². The van der Waals surface area contributed by atoms with Crippen LogP contribution in [0.4, 0.5) is 5.69 Å². The fourth-order valence-corrected chi connectivity index (χ4v) is 2.12. The molecular weight excluding hydrogens is 269 g/mol. The first kappa shape index (κ1) is 13.2. The Bertz CT molecular complexity index is 584. The summed E-state index contributed by atoms with van der Waals surface area (Å²) < 4.78 is 0. The molecule has 3 N–H and O–H groups in total. The van der Waals surface area contributed by atoms with Gasteiger partial charge in [0.15, 0.2) is 0 Å². The summed E-state index contributed by atoms with van der Waals surface area (Å²) in [6.45, 7) is 1.91. The molecular formula is C14H13Cl2NO. The number of halogens is 2. The molecule has 1 atom stereocenters. The molecule has 0 aliphatic rings. The molecule has 0 bridgehead atoms. The number of aliphatic hydroxyl groups is 1. The standard InChI is InChI=1S/C14H13Cl2NO/c1-8-2-3-9(6-12(8)16)14(18)11-5-4-10(15)7-13(11)17/h2-7,14,18H,17H2,1H3. The number of benzene rings is 2. The minimum Gasteiger partial charge on any atom is -0.398 e. The van der Waals surface area contributed by atoms with E-state index in [9.17, 15) is 5.11 Å². The maximum absolute atomic E-state index is 10.3. The summed E-state index contributed by atoms with van der Waals surface area (Å²) >= 11 is 11.9. The largest absolute Gasteiger partial charge is 0.398 e. The van der Waals surface area contributed by atoms with E-state index in [4.69, 9.17) is 28.9 Å². The Kier molecular flexibility index (Phi) is 3.81. The average Bonchev–Trinajstić information content (AvgIpc) is 2.32. The van der Waals surface area contributed by atoms with Gasteiger partial charge in [0.2, 0.25) is 0 Å². The Balaban J connectivity index is 2.41. The van der Waals surface area contributed by atoms with Gasteiger partial charge in [-0.1, -0.05) is 41.4 Å². The van der Waals surface area contributed by atoms with Gasteiger partial charge in [-0.15, -0.1) is 0 Å². The summed E-state index contributed by atoms with van der Waals surface area (Å²) in [5, 5.41) is 11.5. The van der Waals surface area contributed by atoms with Crippen LogP contribution in [0.15, 0.2) is 36.4 Å². The van der Waals surface area contributed by atoms with Gasteiger partial charge in [-0.2, -0.15) is 0 Å². The van der Waals surface area contributed by atoms with E-state index in [1.165, 1.54) is 0 Å². The first-order valence-electron chi connectivity index (χ1n) is 5.48. The lowest BCUT2D eigenvalue weighted by Crippen LogP contribution is -2.04. The third-order valence-electron chi connectivity index (χ3n) is 2.86. The Labute approximate surface area is 116 Å². The number of anilines is 1. The van der Waals surface area contributed by atoms with Crippen molar-refractivity contribution in [3.8, 4) is 0 Å². The lowest BCUT2D eigenvalue weighted by molar-refractivity contribution is 0.221. The molecule has 0 fully saturated rings. The third-order valence-corrected chi connectivity index (χ3v) is 3.50. The van der Waals surface area contributed by atoms with Crippen molar-refractivity contribution in [1.29, 1.82) is 0 Å². The van der Waals surface area contributed by atoms with E-state index in [-0.39, 0.29) is 0 Å². The van der Waals surface area contributed by atoms with Gasteiger partial charge in [-0.25, -0.2) is 0 Å². The molecule has 0 saturated carbocycles. The van der Waals surface area contributed by atoms with E-state index < -0.39 is 6.10 Å². The van der Waals surface area contributed by atoms with Crippen LogP contribution < -0.4 is 5.73 Å². The van der Waals surface area contributed by atoms with Crippen LogP contribution in [0, 0.1) is 6.92 Å². The number of hydrogen-bond acceptors (Lipinski definition) is 2. The van der Waals surface area contributed by atoms with Crippen molar-refractivity contribution in [2.24, 2.45) is 0 Å². The van der Waals surface area contributed by atoms with Gasteiger partial charge in [0.25, 0.3) is 0 Å². The van der Waals surface area contributed by atoms with Crippen LogP contribution in [0.2, 0.25) is 10.0 Å². The van der Waals surface area contributed by atoms with Crippen LogP contribution in [0.3, 0.4) is 0 Å². The summed E-state index contributed by atoms with van der Waals surface area (Å²) in [7, 11) is 0. The number of rotatable bonds is 2. The molecule has 0 saturated heterocycles. The van der Waals surface area contributed by atoms with Crippen molar-refractivity contribution in [3.05, 3.63) is 63.1 Å². The zero-order chi connectivity index (χ0) is 13.3. The predicted octanol–water partition coefficient (Wildman–Crippen LogP) is 3.97. The van der Waals surface area contributed by atoms with E-state index in [0.29, 0.717) is 26.9 Å². The van der Waals surface area contributed by atoms with Gasteiger partial charge in [-0.05, 0) is 36.2 Å². The summed E-state index contributed by atoms with van der Waals surface area (Å²) in [6, 6.07) is 10.5. The molecule has 0 amide bonds. The molecule has 1 unspecified atom stereocenters. The molecule has 2 aromatic carbocycles. The van der Waals surface area contributed by atoms with Crippen LogP contribution in [0.25, 0.3) is 0 Å². The molecule has 0 heterocycles. The molecule has 2 nitrogen and oxygen atoms in total. The van der Waals surface area contributed by atoms with Crippen LogP contribution in [-0.2, 0) is 0 Å². The first-order chi connectivity index (χ1) is 8.49. The average molecular weight is 282 g/mol. The monoisotopic (exact) mass is 281 g/mol. The van der Waals surface area contributed by atoms with Gasteiger partial charge < -0.3 is 10.8 Å². The smallest absolute Gasteiger partial charge is 0.106 e. The van der Waals surface area contributed by atoms with Crippen molar-refractivity contribution in [2.45, 2.75) is 13.0 Å². The highest BCUT2D eigenvalue weighted by molar-refractivity contribution is 6.31. The van der Waals surface area contributed by atoms with E-state index in [1.54, 1.807) is 24.3 Å². The number of aryl methyl sites for hydroxylation is 1. The van der Waals surface area contributed by atoms with Crippen LogP contribution in [0.5, 0.6) is 0 Å². The molecule has 0 radical (unpaired) electrons. The molecule has 18 heavy (non-hydrogen) atoms. The summed E-state index contributed by atoms with van der Waals surface area (Å²) in [5.41, 5.74) is 8.62. The van der Waals surface area contributed by atoms with Crippen molar-refractivity contribution in [1.82, 2.24) is 0 Å². The zero-order valence-corrected chi connectivity index (χ0v) is 11.3. The molecule has 4 heteroatoms. The number of hydrogen-bond donors (Lipinski definition) is 2. The second-order valence-corrected chi connectivity index (χ2v) is 5.03. The first-order valence-corrected chi connectivity index (χ1v) is 6.23. The molecule has 0 spiro atoms. The molecule has 0 aromatic heterocycles. The van der Waals surface area contributed by atoms with E-state index in [0.717, 1.165) is 5.56 Å². The highest BCUT2D eigenvalue weighted by atomic mass is 35.5. The second-order valence-electron chi connectivity index (χ2n) is 4.18. The lowest BCUT2D eigenvalue weighted by Gasteiger charge is -2.15. The summed E-state index contributed by atoms with van der Waals surface area (Å²) in [6.07, 6.45) is -0.805. The van der Waals surface area contributed by atoms with Gasteiger partial charge >= 0.3 is 0 Å². The summed E-state index contributed by atoms with van der Waals surface area (Å²) in [5.74, 6) is 0. The van der Waals surface area contributed by atoms with Gasteiger partial charge in [0.1, 0.15) is 6.10 Å². The third kappa shape index (κ3) is 2.61. The fraction of sp³-hybridized carbons (Fsp3) is 0.143. The molecule has 0 aliphatic carbocycles. The Morgan fingerprint density at radius 2 is 1.83 bits per heavy atom. The maximum atomic E-state index is 10.3. The Morgan fingerprint density at radius 3 is 2.44 bits per heavy atom. The number of nitrogen functional groups attached to an aromatic ring is 1. The Morgan fingerprint density at radius 1 is 1.11 bits per heavy atom. The van der Waals surface area contributed by atoms with Gasteiger partial charge in [-0.3, -0.25) is 0 Å². The predicted molar refractivity (Wildman–Crippen MR) is 76.1 cm³/mol. The van der Waals surface area contributed by atoms with Crippen molar-refractivity contribution < 1.29 is 5.11 Å².